The lowest BCUT2D eigenvalue weighted by Gasteiger charge is -2.32. The SMILES string of the molecule is Fc1cccc(C2CCC(N3CCNCC3)C2)c1. The first-order chi connectivity index (χ1) is 8.83. The average molecular weight is 248 g/mol. The molecular formula is C15H21FN2. The maximum Gasteiger partial charge on any atom is 0.123 e. The van der Waals surface area contributed by atoms with Crippen molar-refractivity contribution in [2.24, 2.45) is 0 Å². The zero-order valence-electron chi connectivity index (χ0n) is 10.7. The van der Waals surface area contributed by atoms with E-state index in [4.69, 9.17) is 0 Å². The quantitative estimate of drug-likeness (QED) is 0.864. The monoisotopic (exact) mass is 248 g/mol. The number of benzene rings is 1. The predicted molar refractivity (Wildman–Crippen MR) is 71.2 cm³/mol. The van der Waals surface area contributed by atoms with Gasteiger partial charge >= 0.3 is 0 Å². The van der Waals surface area contributed by atoms with Gasteiger partial charge in [0.1, 0.15) is 5.82 Å². The molecule has 1 saturated carbocycles. The highest BCUT2D eigenvalue weighted by atomic mass is 19.1. The average Bonchev–Trinajstić information content (AvgIpc) is 2.89. The lowest BCUT2D eigenvalue weighted by atomic mass is 9.97. The number of nitrogens with one attached hydrogen (secondary N) is 1. The van der Waals surface area contributed by atoms with Gasteiger partial charge in [-0.25, -0.2) is 4.39 Å². The van der Waals surface area contributed by atoms with Crippen LogP contribution in [0, 0.1) is 5.82 Å². The molecule has 0 radical (unpaired) electrons. The van der Waals surface area contributed by atoms with Crippen molar-refractivity contribution in [1.82, 2.24) is 10.2 Å². The molecule has 1 aromatic carbocycles. The zero-order chi connectivity index (χ0) is 12.4. The molecule has 98 valence electrons. The van der Waals surface area contributed by atoms with Crippen LogP contribution >= 0.6 is 0 Å². The molecule has 2 nitrogen and oxygen atoms in total. The van der Waals surface area contributed by atoms with E-state index < -0.39 is 0 Å². The summed E-state index contributed by atoms with van der Waals surface area (Å²) < 4.78 is 13.3. The van der Waals surface area contributed by atoms with Crippen LogP contribution in [0.3, 0.4) is 0 Å². The third-order valence-electron chi connectivity index (χ3n) is 4.39. The molecule has 2 unspecified atom stereocenters. The molecule has 1 heterocycles. The third-order valence-corrected chi connectivity index (χ3v) is 4.39. The Morgan fingerprint density at radius 2 is 2.00 bits per heavy atom. The van der Waals surface area contributed by atoms with Gasteiger partial charge in [-0.2, -0.15) is 0 Å². The summed E-state index contributed by atoms with van der Waals surface area (Å²) in [6, 6.07) is 7.87. The molecule has 1 aliphatic carbocycles. The smallest absolute Gasteiger partial charge is 0.123 e. The summed E-state index contributed by atoms with van der Waals surface area (Å²) in [5.41, 5.74) is 1.19. The molecule has 18 heavy (non-hydrogen) atoms. The third kappa shape index (κ3) is 2.57. The fourth-order valence-corrected chi connectivity index (χ4v) is 3.40. The zero-order valence-corrected chi connectivity index (χ0v) is 10.7. The molecule has 0 amide bonds. The number of hydrogen-bond acceptors (Lipinski definition) is 2. The highest BCUT2D eigenvalue weighted by molar-refractivity contribution is 5.22. The summed E-state index contributed by atoms with van der Waals surface area (Å²) >= 11 is 0. The van der Waals surface area contributed by atoms with Crippen molar-refractivity contribution in [2.75, 3.05) is 26.2 Å². The second kappa shape index (κ2) is 5.37. The van der Waals surface area contributed by atoms with E-state index in [0.29, 0.717) is 12.0 Å². The molecule has 1 aliphatic heterocycles. The Morgan fingerprint density at radius 1 is 1.17 bits per heavy atom. The fraction of sp³-hybridized carbons (Fsp3) is 0.600. The van der Waals surface area contributed by atoms with E-state index >= 15 is 0 Å². The summed E-state index contributed by atoms with van der Waals surface area (Å²) in [6.45, 7) is 4.56. The van der Waals surface area contributed by atoms with Crippen molar-refractivity contribution in [1.29, 1.82) is 0 Å². The summed E-state index contributed by atoms with van der Waals surface area (Å²) in [7, 11) is 0. The van der Waals surface area contributed by atoms with Gasteiger partial charge in [0.25, 0.3) is 0 Å². The normalized spacial score (nSPS) is 29.6. The topological polar surface area (TPSA) is 15.3 Å². The number of hydrogen-bond donors (Lipinski definition) is 1. The van der Waals surface area contributed by atoms with Gasteiger partial charge in [0.15, 0.2) is 0 Å². The van der Waals surface area contributed by atoms with Crippen molar-refractivity contribution in [3.05, 3.63) is 35.6 Å². The van der Waals surface area contributed by atoms with Crippen LogP contribution in [0.1, 0.15) is 30.7 Å². The Kier molecular flexibility index (Phi) is 3.62. The highest BCUT2D eigenvalue weighted by Crippen LogP contribution is 2.37. The summed E-state index contributed by atoms with van der Waals surface area (Å²) in [5.74, 6) is 0.457. The van der Waals surface area contributed by atoms with Crippen LogP contribution in [0.5, 0.6) is 0 Å². The molecule has 3 rings (SSSR count). The van der Waals surface area contributed by atoms with Crippen molar-refractivity contribution >= 4 is 0 Å². The van der Waals surface area contributed by atoms with Gasteiger partial charge in [-0.3, -0.25) is 4.90 Å². The molecule has 2 atom stereocenters. The van der Waals surface area contributed by atoms with Crippen molar-refractivity contribution in [3.63, 3.8) is 0 Å². The standard InChI is InChI=1S/C15H21FN2/c16-14-3-1-2-12(10-14)13-4-5-15(11-13)18-8-6-17-7-9-18/h1-3,10,13,15,17H,4-9,11H2. The molecule has 2 fully saturated rings. The van der Waals surface area contributed by atoms with Crippen LogP contribution in [0.2, 0.25) is 0 Å². The molecule has 0 aromatic heterocycles. The van der Waals surface area contributed by atoms with Crippen LogP contribution in [0.15, 0.2) is 24.3 Å². The molecule has 1 saturated heterocycles. The molecule has 1 aromatic rings. The molecule has 1 N–H and O–H groups in total. The van der Waals surface area contributed by atoms with E-state index in [1.165, 1.54) is 44.0 Å². The summed E-state index contributed by atoms with van der Waals surface area (Å²) in [4.78, 5) is 2.61. The summed E-state index contributed by atoms with van der Waals surface area (Å²) in [5, 5.41) is 3.40. The van der Waals surface area contributed by atoms with Gasteiger partial charge in [0.05, 0.1) is 0 Å². The van der Waals surface area contributed by atoms with E-state index in [0.717, 1.165) is 13.1 Å². The Bertz CT molecular complexity index is 401. The van der Waals surface area contributed by atoms with E-state index in [1.807, 2.05) is 6.07 Å². The minimum atomic E-state index is -0.0990. The van der Waals surface area contributed by atoms with Crippen LogP contribution in [-0.4, -0.2) is 37.1 Å². The Balaban J connectivity index is 1.64. The number of nitrogens with zero attached hydrogens (tertiary/aromatic N) is 1. The van der Waals surface area contributed by atoms with Crippen LogP contribution in [0.25, 0.3) is 0 Å². The number of halogens is 1. The Labute approximate surface area is 108 Å². The van der Waals surface area contributed by atoms with E-state index in [2.05, 4.69) is 16.3 Å². The van der Waals surface area contributed by atoms with Crippen LogP contribution in [0.4, 0.5) is 4.39 Å². The first-order valence-electron chi connectivity index (χ1n) is 7.03. The minimum absolute atomic E-state index is 0.0990. The number of piperazine rings is 1. The maximum absolute atomic E-state index is 13.3. The fourth-order valence-electron chi connectivity index (χ4n) is 3.40. The van der Waals surface area contributed by atoms with E-state index in [1.54, 1.807) is 6.07 Å². The van der Waals surface area contributed by atoms with Gasteiger partial charge < -0.3 is 5.32 Å². The molecule has 2 aliphatic rings. The maximum atomic E-state index is 13.3. The van der Waals surface area contributed by atoms with Crippen LogP contribution in [-0.2, 0) is 0 Å². The number of rotatable bonds is 2. The molecule has 0 bridgehead atoms. The lowest BCUT2D eigenvalue weighted by Crippen LogP contribution is -2.47. The predicted octanol–water partition coefficient (Wildman–Crippen LogP) is 2.37. The minimum Gasteiger partial charge on any atom is -0.314 e. The second-order valence-electron chi connectivity index (χ2n) is 5.50. The molecular weight excluding hydrogens is 227 g/mol. The van der Waals surface area contributed by atoms with Crippen molar-refractivity contribution in [3.8, 4) is 0 Å². The first-order valence-corrected chi connectivity index (χ1v) is 7.03. The first kappa shape index (κ1) is 12.1. The Hall–Kier alpha value is -0.930. The van der Waals surface area contributed by atoms with Gasteiger partial charge in [-0.1, -0.05) is 12.1 Å². The molecule has 3 heteroatoms. The summed E-state index contributed by atoms with van der Waals surface area (Å²) in [6.07, 6.45) is 3.67. The van der Waals surface area contributed by atoms with Gasteiger partial charge in [0, 0.05) is 32.2 Å². The van der Waals surface area contributed by atoms with E-state index in [9.17, 15) is 4.39 Å². The largest absolute Gasteiger partial charge is 0.314 e. The Morgan fingerprint density at radius 3 is 2.78 bits per heavy atom. The van der Waals surface area contributed by atoms with Gasteiger partial charge in [0.2, 0.25) is 0 Å². The lowest BCUT2D eigenvalue weighted by molar-refractivity contribution is 0.174. The highest BCUT2D eigenvalue weighted by Gasteiger charge is 2.30. The van der Waals surface area contributed by atoms with Crippen molar-refractivity contribution in [2.45, 2.75) is 31.2 Å². The van der Waals surface area contributed by atoms with Gasteiger partial charge in [-0.15, -0.1) is 0 Å². The second-order valence-corrected chi connectivity index (χ2v) is 5.50. The van der Waals surface area contributed by atoms with Crippen LogP contribution < -0.4 is 5.32 Å². The van der Waals surface area contributed by atoms with E-state index in [-0.39, 0.29) is 5.82 Å². The van der Waals surface area contributed by atoms with Gasteiger partial charge in [-0.05, 0) is 42.9 Å². The van der Waals surface area contributed by atoms with Crippen molar-refractivity contribution < 1.29 is 4.39 Å². The molecule has 0 spiro atoms.